The van der Waals surface area contributed by atoms with Crippen LogP contribution in [0.25, 0.3) is 77.2 Å². The van der Waals surface area contributed by atoms with Gasteiger partial charge in [0.25, 0.3) is 0 Å². The molecule has 0 radical (unpaired) electrons. The summed E-state index contributed by atoms with van der Waals surface area (Å²) in [6.45, 7) is 9.71. The van der Waals surface area contributed by atoms with E-state index in [1.165, 1.54) is 99.4 Å². The highest BCUT2D eigenvalue weighted by molar-refractivity contribution is 6.21. The van der Waals surface area contributed by atoms with Crippen molar-refractivity contribution < 1.29 is 0 Å². The minimum Gasteiger partial charge on any atom is -0.0622 e. The Morgan fingerprint density at radius 3 is 1.18 bits per heavy atom. The summed E-state index contributed by atoms with van der Waals surface area (Å²) in [5.41, 5.74) is 18.7. The molecular formula is C50H38. The van der Waals surface area contributed by atoms with E-state index in [0.29, 0.717) is 0 Å². The Kier molecular flexibility index (Phi) is 6.07. The normalized spacial score (nSPS) is 14.7. The highest BCUT2D eigenvalue weighted by Crippen LogP contribution is 2.60. The van der Waals surface area contributed by atoms with E-state index in [1.54, 1.807) is 0 Å². The lowest BCUT2D eigenvalue weighted by atomic mass is 9.72. The van der Waals surface area contributed by atoms with Crippen LogP contribution in [0.15, 0.2) is 158 Å². The molecule has 0 N–H and O–H groups in total. The van der Waals surface area contributed by atoms with E-state index in [1.807, 2.05) is 0 Å². The molecule has 0 aliphatic heterocycles. The lowest BCUT2D eigenvalue weighted by Crippen LogP contribution is -2.21. The first-order valence-corrected chi connectivity index (χ1v) is 17.9. The van der Waals surface area contributed by atoms with E-state index in [2.05, 4.69) is 185 Å². The maximum atomic E-state index is 2.52. The van der Waals surface area contributed by atoms with Gasteiger partial charge in [-0.05, 0) is 112 Å². The predicted octanol–water partition coefficient (Wildman–Crippen LogP) is 13.6. The maximum absolute atomic E-state index is 2.52. The van der Waals surface area contributed by atoms with Crippen molar-refractivity contribution >= 4 is 21.5 Å². The average Bonchev–Trinajstić information content (AvgIpc) is 3.53. The van der Waals surface area contributed by atoms with Gasteiger partial charge in [0.2, 0.25) is 0 Å². The molecule has 0 saturated carbocycles. The molecular weight excluding hydrogens is 601 g/mol. The number of fused-ring (bicyclic) bond motifs is 8. The second kappa shape index (κ2) is 10.4. The van der Waals surface area contributed by atoms with Crippen LogP contribution in [0.2, 0.25) is 0 Å². The minimum absolute atomic E-state index is 0.145. The van der Waals surface area contributed by atoms with Crippen LogP contribution in [-0.2, 0) is 10.8 Å². The van der Waals surface area contributed by atoms with Gasteiger partial charge < -0.3 is 0 Å². The first kappa shape index (κ1) is 29.2. The summed E-state index contributed by atoms with van der Waals surface area (Å²) in [7, 11) is 0. The molecule has 2 aliphatic carbocycles. The van der Waals surface area contributed by atoms with Crippen LogP contribution in [0.5, 0.6) is 0 Å². The van der Waals surface area contributed by atoms with Gasteiger partial charge in [-0.2, -0.15) is 0 Å². The van der Waals surface area contributed by atoms with Crippen LogP contribution >= 0.6 is 0 Å². The second-order valence-corrected chi connectivity index (χ2v) is 15.2. The van der Waals surface area contributed by atoms with Crippen LogP contribution in [-0.4, -0.2) is 0 Å². The largest absolute Gasteiger partial charge is 0.0622 e. The zero-order valence-electron chi connectivity index (χ0n) is 29.0. The van der Waals surface area contributed by atoms with Crippen LogP contribution in [0.4, 0.5) is 0 Å². The smallest absolute Gasteiger partial charge is 0.0165 e. The van der Waals surface area contributed by atoms with Gasteiger partial charge in [0.1, 0.15) is 0 Å². The lowest BCUT2D eigenvalue weighted by molar-refractivity contribution is 0.642. The summed E-state index contributed by atoms with van der Waals surface area (Å²) in [5.74, 6) is 0. The molecule has 0 saturated heterocycles. The third kappa shape index (κ3) is 3.88. The Hall–Kier alpha value is -5.72. The summed E-state index contributed by atoms with van der Waals surface area (Å²) >= 11 is 0. The number of hydrogen-bond donors (Lipinski definition) is 0. The molecule has 8 aromatic rings. The molecule has 2 aliphatic rings. The van der Waals surface area contributed by atoms with Crippen LogP contribution in [0, 0.1) is 0 Å². The summed E-state index contributed by atoms with van der Waals surface area (Å²) in [6, 6.07) is 59.0. The first-order chi connectivity index (χ1) is 24.4. The van der Waals surface area contributed by atoms with Gasteiger partial charge in [0.05, 0.1) is 0 Å². The van der Waals surface area contributed by atoms with Gasteiger partial charge in [-0.1, -0.05) is 173 Å². The van der Waals surface area contributed by atoms with Crippen molar-refractivity contribution in [3.05, 3.63) is 180 Å². The molecule has 0 heteroatoms. The van der Waals surface area contributed by atoms with Crippen LogP contribution < -0.4 is 0 Å². The van der Waals surface area contributed by atoms with E-state index < -0.39 is 0 Å². The maximum Gasteiger partial charge on any atom is 0.0165 e. The van der Waals surface area contributed by atoms with Gasteiger partial charge in [-0.3, -0.25) is 0 Å². The van der Waals surface area contributed by atoms with Crippen molar-refractivity contribution in [2.45, 2.75) is 38.5 Å². The summed E-state index contributed by atoms with van der Waals surface area (Å²) < 4.78 is 0. The van der Waals surface area contributed by atoms with E-state index in [9.17, 15) is 0 Å². The topological polar surface area (TPSA) is 0 Å². The summed E-state index contributed by atoms with van der Waals surface area (Å²) in [6.07, 6.45) is 0. The molecule has 0 aromatic heterocycles. The Bertz CT molecular complexity index is 2550. The fourth-order valence-electron chi connectivity index (χ4n) is 9.68. The SMILES string of the molecule is CC1(C)c2ccccc2-c2cc3c(c(-c4cccc(-c5c6ccccc6c(-c6ccccc6)c6ccccc56)c4)c21)C(C)(C)c1ccccc1-3. The standard InChI is InChI=1S/C50H38/c1-49(2)42-27-14-12-21-34(42)40-30-41-35-22-13-15-28-43(35)50(3,4)48(41)46(47(40)49)33-20-16-19-32(29-33)45-38-25-10-8-23-36(38)44(31-17-6-5-7-18-31)37-24-9-11-26-39(37)45/h5-30H,1-4H3. The molecule has 0 bridgehead atoms. The molecule has 0 nitrogen and oxygen atoms in total. The minimum atomic E-state index is -0.145. The molecule has 0 atom stereocenters. The van der Waals surface area contributed by atoms with Gasteiger partial charge in [0, 0.05) is 10.8 Å². The highest BCUT2D eigenvalue weighted by Gasteiger charge is 2.45. The van der Waals surface area contributed by atoms with Gasteiger partial charge in [-0.25, -0.2) is 0 Å². The fraction of sp³-hybridized carbons (Fsp3) is 0.120. The molecule has 0 heterocycles. The van der Waals surface area contributed by atoms with Crippen molar-refractivity contribution in [1.29, 1.82) is 0 Å². The third-order valence-electron chi connectivity index (χ3n) is 11.8. The van der Waals surface area contributed by atoms with Crippen LogP contribution in [0.1, 0.15) is 49.9 Å². The van der Waals surface area contributed by atoms with E-state index in [-0.39, 0.29) is 10.8 Å². The monoisotopic (exact) mass is 638 g/mol. The summed E-state index contributed by atoms with van der Waals surface area (Å²) in [4.78, 5) is 0. The van der Waals surface area contributed by atoms with Crippen molar-refractivity contribution in [2.75, 3.05) is 0 Å². The zero-order chi connectivity index (χ0) is 33.8. The lowest BCUT2D eigenvalue weighted by Gasteiger charge is -2.31. The quantitative estimate of drug-likeness (QED) is 0.169. The van der Waals surface area contributed by atoms with Gasteiger partial charge >= 0.3 is 0 Å². The zero-order valence-corrected chi connectivity index (χ0v) is 29.0. The van der Waals surface area contributed by atoms with Gasteiger partial charge in [-0.15, -0.1) is 0 Å². The molecule has 238 valence electrons. The number of rotatable bonds is 3. The molecule has 10 rings (SSSR count). The van der Waals surface area contributed by atoms with E-state index in [4.69, 9.17) is 0 Å². The Morgan fingerprint density at radius 1 is 0.300 bits per heavy atom. The first-order valence-electron chi connectivity index (χ1n) is 17.9. The third-order valence-corrected chi connectivity index (χ3v) is 11.8. The number of benzene rings is 8. The molecule has 0 unspecified atom stereocenters. The molecule has 0 spiro atoms. The molecule has 0 amide bonds. The summed E-state index contributed by atoms with van der Waals surface area (Å²) in [5, 5.41) is 5.14. The highest BCUT2D eigenvalue weighted by atomic mass is 14.5. The Labute approximate surface area is 294 Å². The fourth-order valence-corrected chi connectivity index (χ4v) is 9.68. The van der Waals surface area contributed by atoms with E-state index in [0.717, 1.165) is 0 Å². The van der Waals surface area contributed by atoms with Crippen LogP contribution in [0.3, 0.4) is 0 Å². The average molecular weight is 639 g/mol. The van der Waals surface area contributed by atoms with E-state index >= 15 is 0 Å². The Balaban J connectivity index is 1.30. The van der Waals surface area contributed by atoms with Crippen molar-refractivity contribution in [3.63, 3.8) is 0 Å². The van der Waals surface area contributed by atoms with Gasteiger partial charge in [0.15, 0.2) is 0 Å². The molecule has 8 aromatic carbocycles. The number of hydrogen-bond acceptors (Lipinski definition) is 0. The molecule has 0 fully saturated rings. The van der Waals surface area contributed by atoms with Crippen molar-refractivity contribution in [3.8, 4) is 55.6 Å². The van der Waals surface area contributed by atoms with Crippen molar-refractivity contribution in [2.24, 2.45) is 0 Å². The Morgan fingerprint density at radius 2 is 0.680 bits per heavy atom. The predicted molar refractivity (Wildman–Crippen MR) is 213 cm³/mol. The second-order valence-electron chi connectivity index (χ2n) is 15.2. The van der Waals surface area contributed by atoms with Crippen molar-refractivity contribution in [1.82, 2.24) is 0 Å². The molecule has 50 heavy (non-hydrogen) atoms.